The number of primary amides is 1. The number of amides is 1. The number of aromatic nitrogens is 5. The predicted octanol–water partition coefficient (Wildman–Crippen LogP) is 4.06. The van der Waals surface area contributed by atoms with E-state index in [1.807, 2.05) is 79.0 Å². The summed E-state index contributed by atoms with van der Waals surface area (Å²) in [4.78, 5) is 24.6. The highest BCUT2D eigenvalue weighted by Gasteiger charge is 2.20. The third-order valence-corrected chi connectivity index (χ3v) is 7.08. The highest BCUT2D eigenvalue weighted by atomic mass is 16.1. The summed E-state index contributed by atoms with van der Waals surface area (Å²) in [7, 11) is 0. The molecule has 10 heteroatoms. The topological polar surface area (TPSA) is 138 Å². The minimum Gasteiger partial charge on any atom is -0.381 e. The number of nitrogens with zero attached hydrogens (tertiary/aromatic N) is 5. The van der Waals surface area contributed by atoms with Crippen LogP contribution in [0.5, 0.6) is 0 Å². The van der Waals surface area contributed by atoms with Gasteiger partial charge in [-0.05, 0) is 54.3 Å². The number of para-hydroxylation sites is 1. The highest BCUT2D eigenvalue weighted by molar-refractivity contribution is 6.02. The summed E-state index contributed by atoms with van der Waals surface area (Å²) in [6.07, 6.45) is 8.01. The van der Waals surface area contributed by atoms with E-state index >= 15 is 0 Å². The van der Waals surface area contributed by atoms with Crippen LogP contribution < -0.4 is 22.3 Å². The molecule has 0 saturated carbocycles. The second kappa shape index (κ2) is 11.4. The first-order valence-electron chi connectivity index (χ1n) is 13.7. The lowest BCUT2D eigenvalue weighted by molar-refractivity contribution is 0.100. The number of fused-ring (bicyclic) bond motifs is 3. The van der Waals surface area contributed by atoms with Gasteiger partial charge in [0.15, 0.2) is 5.82 Å². The zero-order chi connectivity index (χ0) is 29.9. The number of nitrogens with one attached hydrogen (secondary N) is 1. The first-order valence-corrected chi connectivity index (χ1v) is 13.7. The summed E-state index contributed by atoms with van der Waals surface area (Å²) in [5, 5.41) is 12.8. The first-order chi connectivity index (χ1) is 21.0. The van der Waals surface area contributed by atoms with Crippen LogP contribution in [0.1, 0.15) is 34.1 Å². The summed E-state index contributed by atoms with van der Waals surface area (Å²) in [6.45, 7) is 2.71. The number of anilines is 2. The molecule has 1 aliphatic rings. The van der Waals surface area contributed by atoms with E-state index in [-0.39, 0.29) is 16.9 Å². The molecule has 0 aliphatic carbocycles. The van der Waals surface area contributed by atoms with E-state index < -0.39 is 5.91 Å². The van der Waals surface area contributed by atoms with Crippen molar-refractivity contribution in [2.75, 3.05) is 17.6 Å². The molecule has 1 aliphatic heterocycles. The van der Waals surface area contributed by atoms with Gasteiger partial charge in [0.1, 0.15) is 11.4 Å². The number of aryl methyl sites for hydroxylation is 1. The second-order valence-electron chi connectivity index (χ2n) is 9.76. The van der Waals surface area contributed by atoms with Crippen LogP contribution in [-0.2, 0) is 6.42 Å². The minimum atomic E-state index is -0.568. The Morgan fingerprint density at radius 1 is 1.02 bits per heavy atom. The van der Waals surface area contributed by atoms with Gasteiger partial charge in [-0.15, -0.1) is 5.10 Å². The average molecular weight is 569 g/mol. The van der Waals surface area contributed by atoms with Crippen LogP contribution in [0.3, 0.4) is 0 Å². The standard InChI is InChI=1S/C26H19N3O.C7H9N5O/c1-2-22-17-20-10-8-9-19(14-15-21-18-27-28-16-7-6-13-24(21)28)25(20)26(30)29(22)23-11-4-3-5-12-23;8-5-4(6(9)13)7-10-2-1-3-12(7)11-5/h3-13,16-18H,2H2,1H3;1,3,10H,2H2,(H2,8,11)(H2,9,13). The van der Waals surface area contributed by atoms with Gasteiger partial charge in [-0.25, -0.2) is 9.20 Å². The van der Waals surface area contributed by atoms with Gasteiger partial charge in [-0.2, -0.15) is 5.10 Å². The number of pyridine rings is 2. The van der Waals surface area contributed by atoms with E-state index in [1.165, 1.54) is 4.68 Å². The number of benzene rings is 2. The van der Waals surface area contributed by atoms with E-state index in [9.17, 15) is 9.59 Å². The van der Waals surface area contributed by atoms with Gasteiger partial charge >= 0.3 is 0 Å². The minimum absolute atomic E-state index is 0.0414. The van der Waals surface area contributed by atoms with Gasteiger partial charge in [0.2, 0.25) is 0 Å². The predicted molar refractivity (Wildman–Crippen MR) is 169 cm³/mol. The molecule has 212 valence electrons. The third kappa shape index (κ3) is 5.11. The number of carbonyl (C=O) groups is 1. The van der Waals surface area contributed by atoms with Gasteiger partial charge in [0, 0.05) is 35.9 Å². The molecule has 1 amide bonds. The van der Waals surface area contributed by atoms with E-state index in [4.69, 9.17) is 11.5 Å². The summed E-state index contributed by atoms with van der Waals surface area (Å²) < 4.78 is 5.09. The van der Waals surface area contributed by atoms with E-state index in [0.717, 1.165) is 39.8 Å². The Bertz CT molecular complexity index is 2140. The number of nitrogen functional groups attached to an aromatic ring is 1. The maximum absolute atomic E-state index is 13.6. The normalized spacial score (nSPS) is 11.7. The number of nitrogens with two attached hydrogens (primary N) is 2. The molecule has 0 spiro atoms. The summed E-state index contributed by atoms with van der Waals surface area (Å²) in [5.74, 6) is 6.58. The molecule has 2 aromatic carbocycles. The van der Waals surface area contributed by atoms with Gasteiger partial charge in [-0.1, -0.05) is 55.2 Å². The van der Waals surface area contributed by atoms with Crippen molar-refractivity contribution in [2.24, 2.45) is 5.73 Å². The molecule has 0 saturated heterocycles. The molecular formula is C33H28N8O2. The molecule has 10 nitrogen and oxygen atoms in total. The van der Waals surface area contributed by atoms with Gasteiger partial charge in [0.05, 0.1) is 22.7 Å². The maximum atomic E-state index is 13.6. The molecule has 0 bridgehead atoms. The zero-order valence-electron chi connectivity index (χ0n) is 23.4. The lowest BCUT2D eigenvalue weighted by Crippen LogP contribution is -2.22. The van der Waals surface area contributed by atoms with E-state index in [1.54, 1.807) is 21.5 Å². The van der Waals surface area contributed by atoms with Crippen molar-refractivity contribution < 1.29 is 4.79 Å². The first kappa shape index (κ1) is 27.1. The number of hydrogen-bond donors (Lipinski definition) is 3. The van der Waals surface area contributed by atoms with Crippen molar-refractivity contribution in [3.63, 3.8) is 0 Å². The third-order valence-electron chi connectivity index (χ3n) is 7.08. The number of carbonyl (C=O) groups excluding carboxylic acids is 1. The lowest BCUT2D eigenvalue weighted by Gasteiger charge is -2.14. The van der Waals surface area contributed by atoms with E-state index in [2.05, 4.69) is 40.3 Å². The van der Waals surface area contributed by atoms with Crippen molar-refractivity contribution in [3.05, 3.63) is 124 Å². The second-order valence-corrected chi connectivity index (χ2v) is 9.76. The van der Waals surface area contributed by atoms with Crippen molar-refractivity contribution in [1.29, 1.82) is 0 Å². The lowest BCUT2D eigenvalue weighted by atomic mass is 10.0. The number of hydrogen-bond acceptors (Lipinski definition) is 6. The van der Waals surface area contributed by atoms with E-state index in [0.29, 0.717) is 17.7 Å². The van der Waals surface area contributed by atoms with Crippen molar-refractivity contribution in [3.8, 4) is 17.5 Å². The summed E-state index contributed by atoms with van der Waals surface area (Å²) in [5.41, 5.74) is 15.2. The molecule has 0 atom stereocenters. The molecule has 0 radical (unpaired) electrons. The Morgan fingerprint density at radius 2 is 1.81 bits per heavy atom. The SMILES string of the molecule is CCc1cc2cccc(C#Cc3cnn4ccccc34)c2c(=O)n1-c1ccccc1.NC(=O)c1c(N)nn2c1NCC=C2. The fraction of sp³-hybridized carbons (Fsp3) is 0.0909. The molecule has 6 aromatic rings. The average Bonchev–Trinajstić information content (AvgIpc) is 3.60. The summed E-state index contributed by atoms with van der Waals surface area (Å²) in [6, 6.07) is 23.6. The highest BCUT2D eigenvalue weighted by Crippen LogP contribution is 2.23. The van der Waals surface area contributed by atoms with Gasteiger partial charge in [0.25, 0.3) is 11.5 Å². The van der Waals surface area contributed by atoms with Crippen LogP contribution in [-0.4, -0.2) is 36.4 Å². The van der Waals surface area contributed by atoms with Crippen LogP contribution in [0.25, 0.3) is 28.2 Å². The fourth-order valence-electron chi connectivity index (χ4n) is 5.09. The Kier molecular flexibility index (Phi) is 7.20. The van der Waals surface area contributed by atoms with Crippen molar-refractivity contribution >= 4 is 40.0 Å². The van der Waals surface area contributed by atoms with Crippen LogP contribution in [0.15, 0.2) is 96.1 Å². The Balaban J connectivity index is 0.000000211. The van der Waals surface area contributed by atoms with Crippen LogP contribution in [0.4, 0.5) is 11.6 Å². The van der Waals surface area contributed by atoms with Crippen LogP contribution >= 0.6 is 0 Å². The molecule has 7 rings (SSSR count). The largest absolute Gasteiger partial charge is 0.381 e. The smallest absolute Gasteiger partial charge is 0.264 e. The summed E-state index contributed by atoms with van der Waals surface area (Å²) >= 11 is 0. The molecule has 4 aromatic heterocycles. The Labute approximate surface area is 246 Å². The molecule has 5 N–H and O–H groups in total. The Morgan fingerprint density at radius 3 is 2.60 bits per heavy atom. The van der Waals surface area contributed by atoms with Crippen LogP contribution in [0.2, 0.25) is 0 Å². The number of rotatable bonds is 3. The molecule has 0 unspecified atom stereocenters. The molecular weight excluding hydrogens is 540 g/mol. The quantitative estimate of drug-likeness (QED) is 0.275. The Hall–Kier alpha value is -6.08. The van der Waals surface area contributed by atoms with Gasteiger partial charge < -0.3 is 16.8 Å². The van der Waals surface area contributed by atoms with Crippen molar-refractivity contribution in [1.82, 2.24) is 24.0 Å². The van der Waals surface area contributed by atoms with Gasteiger partial charge in [-0.3, -0.25) is 14.2 Å². The molecule has 43 heavy (non-hydrogen) atoms. The van der Waals surface area contributed by atoms with Crippen LogP contribution in [0, 0.1) is 11.8 Å². The monoisotopic (exact) mass is 568 g/mol. The fourth-order valence-corrected chi connectivity index (χ4v) is 5.09. The molecule has 5 heterocycles. The molecule has 0 fully saturated rings. The maximum Gasteiger partial charge on any atom is 0.264 e. The zero-order valence-corrected chi connectivity index (χ0v) is 23.4. The van der Waals surface area contributed by atoms with Crippen molar-refractivity contribution in [2.45, 2.75) is 13.3 Å².